The molecule has 2 heterocycles. The van der Waals surface area contributed by atoms with Crippen LogP contribution in [0.2, 0.25) is 0 Å². The average Bonchev–Trinajstić information content (AvgIpc) is 3.24. The summed E-state index contributed by atoms with van der Waals surface area (Å²) in [7, 11) is 0. The Morgan fingerprint density at radius 3 is 2.79 bits per heavy atom. The number of hydrogen-bond acceptors (Lipinski definition) is 4. The number of rotatable bonds is 6. The molecule has 1 aromatic heterocycles. The number of hydrogen-bond donors (Lipinski definition) is 0. The highest BCUT2D eigenvalue weighted by Gasteiger charge is 2.21. The first-order chi connectivity index (χ1) is 13.7. The van der Waals surface area contributed by atoms with Crippen molar-refractivity contribution in [1.29, 1.82) is 0 Å². The van der Waals surface area contributed by atoms with Gasteiger partial charge in [0.05, 0.1) is 12.9 Å². The van der Waals surface area contributed by atoms with Crippen molar-refractivity contribution >= 4 is 0 Å². The highest BCUT2D eigenvalue weighted by Crippen LogP contribution is 2.19. The number of morpholine rings is 1. The van der Waals surface area contributed by atoms with Gasteiger partial charge in [0.25, 0.3) is 0 Å². The van der Waals surface area contributed by atoms with Crippen molar-refractivity contribution in [3.63, 3.8) is 0 Å². The zero-order valence-electron chi connectivity index (χ0n) is 15.3. The van der Waals surface area contributed by atoms with E-state index in [1.807, 2.05) is 10.8 Å². The van der Waals surface area contributed by atoms with Crippen molar-refractivity contribution in [2.24, 2.45) is 0 Å². The van der Waals surface area contributed by atoms with Gasteiger partial charge in [-0.3, -0.25) is 4.90 Å². The Morgan fingerprint density at radius 1 is 1.14 bits per heavy atom. The van der Waals surface area contributed by atoms with Crippen molar-refractivity contribution in [2.75, 3.05) is 26.3 Å². The van der Waals surface area contributed by atoms with Gasteiger partial charge in [0.15, 0.2) is 11.6 Å². The Kier molecular flexibility index (Phi) is 5.64. The predicted molar refractivity (Wildman–Crippen MR) is 100 cm³/mol. The van der Waals surface area contributed by atoms with Gasteiger partial charge in [0, 0.05) is 43.8 Å². The van der Waals surface area contributed by atoms with Crippen molar-refractivity contribution in [3.05, 3.63) is 78.4 Å². The Labute approximate surface area is 162 Å². The third-order valence-electron chi connectivity index (χ3n) is 4.69. The predicted octanol–water partition coefficient (Wildman–Crippen LogP) is 3.43. The monoisotopic (exact) mass is 385 g/mol. The maximum atomic E-state index is 13.7. The van der Waals surface area contributed by atoms with Gasteiger partial charge in [-0.2, -0.15) is 0 Å². The maximum Gasteiger partial charge on any atom is 0.165 e. The molecule has 1 saturated heterocycles. The van der Waals surface area contributed by atoms with E-state index >= 15 is 0 Å². The summed E-state index contributed by atoms with van der Waals surface area (Å²) >= 11 is 0. The van der Waals surface area contributed by atoms with Gasteiger partial charge in [-0.15, -0.1) is 0 Å². The van der Waals surface area contributed by atoms with Gasteiger partial charge in [0.2, 0.25) is 0 Å². The second kappa shape index (κ2) is 8.50. The normalized spacial score (nSPS) is 17.6. The van der Waals surface area contributed by atoms with Crippen LogP contribution in [0.3, 0.4) is 0 Å². The topological polar surface area (TPSA) is 39.5 Å². The molecule has 7 heteroatoms. The molecule has 28 heavy (non-hydrogen) atoms. The minimum absolute atomic E-state index is 0.0872. The van der Waals surface area contributed by atoms with E-state index in [0.717, 1.165) is 37.0 Å². The van der Waals surface area contributed by atoms with Gasteiger partial charge in [0.1, 0.15) is 18.5 Å². The molecule has 5 nitrogen and oxygen atoms in total. The minimum atomic E-state index is -0.577. The van der Waals surface area contributed by atoms with Gasteiger partial charge >= 0.3 is 0 Å². The Morgan fingerprint density at radius 2 is 2.00 bits per heavy atom. The van der Waals surface area contributed by atoms with Crippen LogP contribution in [0.5, 0.6) is 5.75 Å². The number of aromatic nitrogens is 2. The highest BCUT2D eigenvalue weighted by molar-refractivity contribution is 5.34. The Balaban J connectivity index is 1.32. The third-order valence-corrected chi connectivity index (χ3v) is 4.69. The molecule has 0 spiro atoms. The summed E-state index contributed by atoms with van der Waals surface area (Å²) in [6.45, 7) is 3.02. The van der Waals surface area contributed by atoms with E-state index in [1.165, 1.54) is 5.56 Å². The first-order valence-electron chi connectivity index (χ1n) is 9.16. The second-order valence-corrected chi connectivity index (χ2v) is 6.75. The van der Waals surface area contributed by atoms with Crippen LogP contribution in [0.4, 0.5) is 8.78 Å². The maximum absolute atomic E-state index is 13.7. The lowest BCUT2D eigenvalue weighted by atomic mass is 10.1. The molecule has 0 radical (unpaired) electrons. The molecule has 0 N–H and O–H groups in total. The lowest BCUT2D eigenvalue weighted by molar-refractivity contribution is -0.0508. The Hall–Kier alpha value is -2.77. The fourth-order valence-electron chi connectivity index (χ4n) is 3.24. The molecule has 0 aliphatic carbocycles. The standard InChI is InChI=1S/C21H21F2N3O2/c22-17-3-6-20(23)21(11-17)28-14-19-13-25(9-10-27-19)12-16-1-4-18(5-2-16)26-8-7-24-15-26/h1-8,11,15,19H,9-10,12-14H2. The van der Waals surface area contributed by atoms with Crippen molar-refractivity contribution in [2.45, 2.75) is 12.6 Å². The summed E-state index contributed by atoms with van der Waals surface area (Å²) in [5.41, 5.74) is 2.26. The van der Waals surface area contributed by atoms with Crippen LogP contribution in [0, 0.1) is 11.6 Å². The fourth-order valence-corrected chi connectivity index (χ4v) is 3.24. The van der Waals surface area contributed by atoms with E-state index in [4.69, 9.17) is 9.47 Å². The van der Waals surface area contributed by atoms with Crippen LogP contribution in [-0.4, -0.2) is 46.9 Å². The van der Waals surface area contributed by atoms with E-state index in [2.05, 4.69) is 34.1 Å². The number of benzene rings is 2. The number of halogens is 2. The van der Waals surface area contributed by atoms with Crippen molar-refractivity contribution < 1.29 is 18.3 Å². The van der Waals surface area contributed by atoms with E-state index in [0.29, 0.717) is 13.2 Å². The second-order valence-electron chi connectivity index (χ2n) is 6.75. The average molecular weight is 385 g/mol. The lowest BCUT2D eigenvalue weighted by Gasteiger charge is -2.32. The van der Waals surface area contributed by atoms with Crippen LogP contribution in [0.15, 0.2) is 61.2 Å². The van der Waals surface area contributed by atoms with Gasteiger partial charge in [-0.05, 0) is 29.8 Å². The lowest BCUT2D eigenvalue weighted by Crippen LogP contribution is -2.44. The fraction of sp³-hybridized carbons (Fsp3) is 0.286. The van der Waals surface area contributed by atoms with E-state index in [9.17, 15) is 8.78 Å². The molecule has 1 aliphatic heterocycles. The summed E-state index contributed by atoms with van der Waals surface area (Å²) in [4.78, 5) is 6.33. The summed E-state index contributed by atoms with van der Waals surface area (Å²) in [6, 6.07) is 11.5. The molecule has 1 fully saturated rings. The SMILES string of the molecule is Fc1ccc(F)c(OCC2CN(Cc3ccc(-n4ccnc4)cc3)CCO2)c1. The number of imidazole rings is 1. The van der Waals surface area contributed by atoms with Crippen LogP contribution in [0.25, 0.3) is 5.69 Å². The number of nitrogens with zero attached hydrogens (tertiary/aromatic N) is 3. The smallest absolute Gasteiger partial charge is 0.165 e. The molecule has 3 aromatic rings. The molecule has 146 valence electrons. The zero-order chi connectivity index (χ0) is 19.3. The zero-order valence-corrected chi connectivity index (χ0v) is 15.3. The summed E-state index contributed by atoms with van der Waals surface area (Å²) < 4.78 is 40.0. The molecule has 1 unspecified atom stereocenters. The summed E-state index contributed by atoms with van der Waals surface area (Å²) in [5, 5.41) is 0. The van der Waals surface area contributed by atoms with Crippen LogP contribution < -0.4 is 4.74 Å². The molecule has 1 atom stereocenters. The quantitative estimate of drug-likeness (QED) is 0.652. The summed E-state index contributed by atoms with van der Waals surface area (Å²) in [6.07, 6.45) is 5.23. The molecular formula is C21H21F2N3O2. The first kappa shape index (κ1) is 18.6. The highest BCUT2D eigenvalue weighted by atomic mass is 19.1. The summed E-state index contributed by atoms with van der Waals surface area (Å²) in [5.74, 6) is -1.19. The molecule has 0 amide bonds. The van der Waals surface area contributed by atoms with Gasteiger partial charge in [-0.25, -0.2) is 13.8 Å². The largest absolute Gasteiger partial charge is 0.488 e. The van der Waals surface area contributed by atoms with E-state index in [1.54, 1.807) is 12.5 Å². The molecule has 0 bridgehead atoms. The molecule has 1 aliphatic rings. The van der Waals surface area contributed by atoms with Gasteiger partial charge < -0.3 is 14.0 Å². The van der Waals surface area contributed by atoms with E-state index in [-0.39, 0.29) is 18.5 Å². The molecule has 4 rings (SSSR count). The van der Waals surface area contributed by atoms with E-state index < -0.39 is 11.6 Å². The van der Waals surface area contributed by atoms with Crippen LogP contribution in [0.1, 0.15) is 5.56 Å². The first-order valence-corrected chi connectivity index (χ1v) is 9.16. The van der Waals surface area contributed by atoms with Gasteiger partial charge in [-0.1, -0.05) is 12.1 Å². The van der Waals surface area contributed by atoms with Crippen molar-refractivity contribution in [1.82, 2.24) is 14.5 Å². The minimum Gasteiger partial charge on any atom is -0.488 e. The Bertz CT molecular complexity index is 901. The van der Waals surface area contributed by atoms with Crippen LogP contribution >= 0.6 is 0 Å². The van der Waals surface area contributed by atoms with Crippen LogP contribution in [-0.2, 0) is 11.3 Å². The third kappa shape index (κ3) is 4.55. The van der Waals surface area contributed by atoms with Crippen molar-refractivity contribution in [3.8, 4) is 11.4 Å². The molecular weight excluding hydrogens is 364 g/mol. The molecule has 2 aromatic carbocycles. The number of ether oxygens (including phenoxy) is 2. The molecule has 0 saturated carbocycles.